The van der Waals surface area contributed by atoms with Crippen LogP contribution in [-0.4, -0.2) is 21.4 Å². The SMILES string of the molecule is Cc1cc2nc(-c3cc(N=Cc4cc(Br)ccc4O)ccc3O)oc2cc1C. The van der Waals surface area contributed by atoms with E-state index in [1.54, 1.807) is 42.6 Å². The van der Waals surface area contributed by atoms with Crippen LogP contribution >= 0.6 is 15.9 Å². The smallest absolute Gasteiger partial charge is 0.231 e. The minimum atomic E-state index is 0.0595. The van der Waals surface area contributed by atoms with Crippen molar-refractivity contribution < 1.29 is 14.6 Å². The van der Waals surface area contributed by atoms with Crippen LogP contribution in [0.4, 0.5) is 5.69 Å². The van der Waals surface area contributed by atoms with E-state index >= 15 is 0 Å². The number of benzene rings is 3. The third-order valence-electron chi connectivity index (χ3n) is 4.56. The highest BCUT2D eigenvalue weighted by Gasteiger charge is 2.14. The Balaban J connectivity index is 1.73. The molecule has 1 aromatic heterocycles. The molecule has 0 spiro atoms. The zero-order valence-corrected chi connectivity index (χ0v) is 16.9. The Morgan fingerprint density at radius 3 is 2.54 bits per heavy atom. The number of phenolic OH excluding ortho intramolecular Hbond substituents is 2. The van der Waals surface area contributed by atoms with Gasteiger partial charge < -0.3 is 14.6 Å². The number of oxazole rings is 1. The molecule has 0 aliphatic rings. The molecule has 28 heavy (non-hydrogen) atoms. The lowest BCUT2D eigenvalue weighted by molar-refractivity contribution is 0.473. The van der Waals surface area contributed by atoms with Crippen LogP contribution in [0.25, 0.3) is 22.6 Å². The maximum atomic E-state index is 10.3. The average molecular weight is 437 g/mol. The minimum Gasteiger partial charge on any atom is -0.507 e. The maximum absolute atomic E-state index is 10.3. The van der Waals surface area contributed by atoms with Gasteiger partial charge in [0.2, 0.25) is 5.89 Å². The summed E-state index contributed by atoms with van der Waals surface area (Å²) in [6.07, 6.45) is 1.56. The number of fused-ring (bicyclic) bond motifs is 1. The second-order valence-electron chi connectivity index (χ2n) is 6.59. The van der Waals surface area contributed by atoms with Gasteiger partial charge in [-0.05, 0) is 73.5 Å². The summed E-state index contributed by atoms with van der Waals surface area (Å²) in [6, 6.07) is 14.0. The molecule has 0 fully saturated rings. The number of aliphatic imine (C=N–C) groups is 1. The Morgan fingerprint density at radius 2 is 1.71 bits per heavy atom. The predicted octanol–water partition coefficient (Wildman–Crippen LogP) is 6.04. The molecule has 0 radical (unpaired) electrons. The van der Waals surface area contributed by atoms with Crippen molar-refractivity contribution >= 4 is 38.9 Å². The van der Waals surface area contributed by atoms with Gasteiger partial charge in [0.25, 0.3) is 0 Å². The van der Waals surface area contributed by atoms with Crippen molar-refractivity contribution in [1.29, 1.82) is 0 Å². The van der Waals surface area contributed by atoms with E-state index in [9.17, 15) is 10.2 Å². The van der Waals surface area contributed by atoms with Crippen molar-refractivity contribution in [2.75, 3.05) is 0 Å². The Morgan fingerprint density at radius 1 is 0.964 bits per heavy atom. The zero-order chi connectivity index (χ0) is 19.8. The number of aromatic nitrogens is 1. The second kappa shape index (κ2) is 7.13. The molecule has 3 aromatic carbocycles. The molecule has 1 heterocycles. The summed E-state index contributed by atoms with van der Waals surface area (Å²) in [4.78, 5) is 8.91. The number of halogens is 1. The summed E-state index contributed by atoms with van der Waals surface area (Å²) in [7, 11) is 0. The molecule has 4 rings (SSSR count). The number of aromatic hydroxyl groups is 2. The topological polar surface area (TPSA) is 78.9 Å². The number of aryl methyl sites for hydroxylation is 2. The van der Waals surface area contributed by atoms with E-state index < -0.39 is 0 Å². The fourth-order valence-electron chi connectivity index (χ4n) is 2.84. The van der Waals surface area contributed by atoms with Crippen LogP contribution in [0.5, 0.6) is 11.5 Å². The highest BCUT2D eigenvalue weighted by molar-refractivity contribution is 9.10. The van der Waals surface area contributed by atoms with E-state index in [0.29, 0.717) is 28.3 Å². The predicted molar refractivity (Wildman–Crippen MR) is 114 cm³/mol. The maximum Gasteiger partial charge on any atom is 0.231 e. The van der Waals surface area contributed by atoms with Gasteiger partial charge in [-0.1, -0.05) is 15.9 Å². The normalized spacial score (nSPS) is 11.5. The van der Waals surface area contributed by atoms with E-state index in [2.05, 4.69) is 25.9 Å². The van der Waals surface area contributed by atoms with Crippen molar-refractivity contribution in [1.82, 2.24) is 4.98 Å². The Bertz CT molecular complexity index is 1190. The van der Waals surface area contributed by atoms with Crippen LogP contribution in [0.2, 0.25) is 0 Å². The Kier molecular flexibility index (Phi) is 4.65. The standard InChI is InChI=1S/C22H17BrN2O3/c1-12-7-18-21(8-13(12)2)28-22(25-18)17-10-16(4-6-20(17)27)24-11-14-9-15(23)3-5-19(14)26/h3-11,26-27H,1-2H3. The summed E-state index contributed by atoms with van der Waals surface area (Å²) < 4.78 is 6.70. The Labute approximate surface area is 170 Å². The Hall–Kier alpha value is -3.12. The van der Waals surface area contributed by atoms with E-state index in [1.807, 2.05) is 26.0 Å². The third kappa shape index (κ3) is 3.51. The monoisotopic (exact) mass is 436 g/mol. The van der Waals surface area contributed by atoms with E-state index in [-0.39, 0.29) is 11.5 Å². The van der Waals surface area contributed by atoms with Gasteiger partial charge in [-0.3, -0.25) is 4.99 Å². The van der Waals surface area contributed by atoms with Gasteiger partial charge in [0, 0.05) is 16.3 Å². The van der Waals surface area contributed by atoms with Gasteiger partial charge in [0.1, 0.15) is 17.0 Å². The molecule has 0 saturated heterocycles. The molecule has 0 bridgehead atoms. The zero-order valence-electron chi connectivity index (χ0n) is 15.3. The van der Waals surface area contributed by atoms with Crippen molar-refractivity contribution in [2.45, 2.75) is 13.8 Å². The fraction of sp³-hybridized carbons (Fsp3) is 0.0909. The van der Waals surface area contributed by atoms with Gasteiger partial charge >= 0.3 is 0 Å². The average Bonchev–Trinajstić information content (AvgIpc) is 3.06. The van der Waals surface area contributed by atoms with Gasteiger partial charge in [0.05, 0.1) is 11.3 Å². The first-order valence-electron chi connectivity index (χ1n) is 8.64. The van der Waals surface area contributed by atoms with Gasteiger partial charge in [-0.2, -0.15) is 0 Å². The molecular formula is C22H17BrN2O3. The number of rotatable bonds is 3. The number of hydrogen-bond acceptors (Lipinski definition) is 5. The number of nitrogens with zero attached hydrogens (tertiary/aromatic N) is 2. The minimum absolute atomic E-state index is 0.0595. The van der Waals surface area contributed by atoms with Crippen molar-refractivity contribution in [2.24, 2.45) is 4.99 Å². The molecule has 0 saturated carbocycles. The molecule has 0 atom stereocenters. The van der Waals surface area contributed by atoms with Gasteiger partial charge in [-0.15, -0.1) is 0 Å². The highest BCUT2D eigenvalue weighted by Crippen LogP contribution is 2.34. The van der Waals surface area contributed by atoms with E-state index in [0.717, 1.165) is 21.1 Å². The summed E-state index contributed by atoms with van der Waals surface area (Å²) in [5.41, 5.74) is 5.30. The van der Waals surface area contributed by atoms with Crippen LogP contribution in [0, 0.1) is 13.8 Å². The highest BCUT2D eigenvalue weighted by atomic mass is 79.9. The summed E-state index contributed by atoms with van der Waals surface area (Å²) in [6.45, 7) is 4.04. The molecule has 0 unspecified atom stereocenters. The fourth-order valence-corrected chi connectivity index (χ4v) is 3.22. The van der Waals surface area contributed by atoms with Crippen molar-refractivity contribution in [3.63, 3.8) is 0 Å². The van der Waals surface area contributed by atoms with Crippen LogP contribution < -0.4 is 0 Å². The van der Waals surface area contributed by atoms with Crippen LogP contribution in [-0.2, 0) is 0 Å². The molecule has 5 nitrogen and oxygen atoms in total. The largest absolute Gasteiger partial charge is 0.507 e. The number of hydrogen-bond donors (Lipinski definition) is 2. The third-order valence-corrected chi connectivity index (χ3v) is 5.05. The van der Waals surface area contributed by atoms with E-state index in [4.69, 9.17) is 4.42 Å². The number of phenols is 2. The first kappa shape index (κ1) is 18.3. The molecule has 6 heteroatoms. The molecular weight excluding hydrogens is 420 g/mol. The van der Waals surface area contributed by atoms with E-state index in [1.165, 1.54) is 0 Å². The summed E-state index contributed by atoms with van der Waals surface area (Å²) in [5, 5.41) is 20.2. The first-order chi connectivity index (χ1) is 13.4. The lowest BCUT2D eigenvalue weighted by atomic mass is 10.1. The molecule has 4 aromatic rings. The van der Waals surface area contributed by atoms with Crippen molar-refractivity contribution in [3.8, 4) is 23.0 Å². The van der Waals surface area contributed by atoms with Crippen molar-refractivity contribution in [3.05, 3.63) is 69.7 Å². The first-order valence-corrected chi connectivity index (χ1v) is 9.44. The molecule has 2 N–H and O–H groups in total. The molecule has 0 aliphatic carbocycles. The lowest BCUT2D eigenvalue weighted by Gasteiger charge is -2.02. The van der Waals surface area contributed by atoms with Crippen LogP contribution in [0.15, 0.2) is 62.4 Å². The molecule has 0 aliphatic heterocycles. The lowest BCUT2D eigenvalue weighted by Crippen LogP contribution is -1.83. The molecule has 140 valence electrons. The van der Waals surface area contributed by atoms with Crippen LogP contribution in [0.3, 0.4) is 0 Å². The summed E-state index contributed by atoms with van der Waals surface area (Å²) in [5.74, 6) is 0.528. The molecule has 0 amide bonds. The van der Waals surface area contributed by atoms with Gasteiger partial charge in [-0.25, -0.2) is 4.98 Å². The second-order valence-corrected chi connectivity index (χ2v) is 7.50. The van der Waals surface area contributed by atoms with Crippen LogP contribution in [0.1, 0.15) is 16.7 Å². The quantitative estimate of drug-likeness (QED) is 0.383. The summed E-state index contributed by atoms with van der Waals surface area (Å²) >= 11 is 3.37. The van der Waals surface area contributed by atoms with Gasteiger partial charge in [0.15, 0.2) is 5.58 Å².